The molecule has 7 nitrogen and oxygen atoms in total. The van der Waals surface area contributed by atoms with Gasteiger partial charge in [0.2, 0.25) is 5.89 Å². The number of aryl methyl sites for hydroxylation is 2. The largest absolute Gasteiger partial charge is 0.447 e. The maximum absolute atomic E-state index is 12.5. The number of carbonyl (C=O) groups excluding carboxylic acids is 1. The van der Waals surface area contributed by atoms with Crippen molar-refractivity contribution in [3.8, 4) is 0 Å². The number of aliphatic hydroxyl groups is 1. The van der Waals surface area contributed by atoms with Crippen molar-refractivity contribution < 1.29 is 14.3 Å². The summed E-state index contributed by atoms with van der Waals surface area (Å²) in [5.74, 6) is 0.294. The van der Waals surface area contributed by atoms with Crippen LogP contribution in [-0.2, 0) is 6.54 Å². The molecule has 3 rings (SSSR count). The van der Waals surface area contributed by atoms with Crippen molar-refractivity contribution in [2.75, 3.05) is 38.0 Å². The van der Waals surface area contributed by atoms with Crippen molar-refractivity contribution in [2.24, 2.45) is 0 Å². The lowest BCUT2D eigenvalue weighted by molar-refractivity contribution is 0.0627. The van der Waals surface area contributed by atoms with Crippen LogP contribution >= 0.6 is 0 Å². The van der Waals surface area contributed by atoms with E-state index in [1.165, 1.54) is 6.26 Å². The van der Waals surface area contributed by atoms with Gasteiger partial charge in [0.25, 0.3) is 5.91 Å². The molecule has 1 saturated heterocycles. The molecule has 7 heteroatoms. The standard InChI is InChI=1S/C23H34N4O3/c1-4-5-6-19(28)14-26-9-11-27(12-10-26)15-22-24-21(16-30-22)23(29)25-20-13-17(2)7-8-18(20)3/h7-8,13,16,19,28H,4-6,9-12,14-15H2,1-3H3,(H,25,29). The molecule has 1 unspecified atom stereocenters. The average Bonchev–Trinajstić information content (AvgIpc) is 3.19. The van der Waals surface area contributed by atoms with E-state index in [0.29, 0.717) is 18.1 Å². The normalized spacial score (nSPS) is 16.5. The Balaban J connectivity index is 1.47. The first-order valence-electron chi connectivity index (χ1n) is 10.9. The Kier molecular flexibility index (Phi) is 8.01. The number of piperazine rings is 1. The lowest BCUT2D eigenvalue weighted by Crippen LogP contribution is -2.48. The number of aromatic nitrogens is 1. The minimum Gasteiger partial charge on any atom is -0.447 e. The Hall–Kier alpha value is -2.22. The van der Waals surface area contributed by atoms with Crippen molar-refractivity contribution in [3.05, 3.63) is 47.2 Å². The van der Waals surface area contributed by atoms with Crippen LogP contribution in [0, 0.1) is 13.8 Å². The van der Waals surface area contributed by atoms with Gasteiger partial charge in [-0.2, -0.15) is 0 Å². The molecular formula is C23H34N4O3. The summed E-state index contributed by atoms with van der Waals surface area (Å²) in [4.78, 5) is 21.5. The third-order valence-corrected chi connectivity index (χ3v) is 5.61. The molecule has 2 aromatic rings. The Labute approximate surface area is 179 Å². The molecule has 2 heterocycles. The predicted molar refractivity (Wildman–Crippen MR) is 118 cm³/mol. The number of oxazole rings is 1. The summed E-state index contributed by atoms with van der Waals surface area (Å²) in [6.07, 6.45) is 4.26. The number of anilines is 1. The molecule has 0 aliphatic carbocycles. The lowest BCUT2D eigenvalue weighted by Gasteiger charge is -2.35. The molecule has 1 aromatic carbocycles. The third-order valence-electron chi connectivity index (χ3n) is 5.61. The molecule has 1 fully saturated rings. The summed E-state index contributed by atoms with van der Waals surface area (Å²) in [6.45, 7) is 11.1. The van der Waals surface area contributed by atoms with Crippen molar-refractivity contribution in [1.82, 2.24) is 14.8 Å². The van der Waals surface area contributed by atoms with Crippen LogP contribution in [-0.4, -0.2) is 64.6 Å². The maximum atomic E-state index is 12.5. The van der Waals surface area contributed by atoms with Crippen LogP contribution in [0.2, 0.25) is 0 Å². The van der Waals surface area contributed by atoms with E-state index in [2.05, 4.69) is 27.0 Å². The lowest BCUT2D eigenvalue weighted by atomic mass is 10.1. The number of nitrogens with one attached hydrogen (secondary N) is 1. The van der Waals surface area contributed by atoms with Gasteiger partial charge in [0.1, 0.15) is 6.26 Å². The highest BCUT2D eigenvalue weighted by molar-refractivity contribution is 6.03. The van der Waals surface area contributed by atoms with Crippen molar-refractivity contribution in [3.63, 3.8) is 0 Å². The number of rotatable bonds is 9. The van der Waals surface area contributed by atoms with Gasteiger partial charge < -0.3 is 14.8 Å². The van der Waals surface area contributed by atoms with Crippen LogP contribution in [0.25, 0.3) is 0 Å². The Morgan fingerprint density at radius 1 is 1.23 bits per heavy atom. The van der Waals surface area contributed by atoms with Crippen molar-refractivity contribution in [1.29, 1.82) is 0 Å². The SMILES string of the molecule is CCCCC(O)CN1CCN(Cc2nc(C(=O)Nc3cc(C)ccc3C)co2)CC1. The zero-order valence-electron chi connectivity index (χ0n) is 18.4. The second kappa shape index (κ2) is 10.7. The molecule has 0 saturated carbocycles. The molecule has 1 atom stereocenters. The minimum atomic E-state index is -0.260. The number of hydrogen-bond acceptors (Lipinski definition) is 6. The zero-order valence-corrected chi connectivity index (χ0v) is 18.4. The molecule has 0 bridgehead atoms. The van der Waals surface area contributed by atoms with Crippen LogP contribution in [0.5, 0.6) is 0 Å². The fraction of sp³-hybridized carbons (Fsp3) is 0.565. The molecular weight excluding hydrogens is 380 g/mol. The second-order valence-corrected chi connectivity index (χ2v) is 8.27. The van der Waals surface area contributed by atoms with E-state index < -0.39 is 0 Å². The highest BCUT2D eigenvalue weighted by Gasteiger charge is 2.21. The predicted octanol–water partition coefficient (Wildman–Crippen LogP) is 3.21. The van der Waals surface area contributed by atoms with Gasteiger partial charge >= 0.3 is 0 Å². The van der Waals surface area contributed by atoms with Crippen LogP contribution in [0.4, 0.5) is 5.69 Å². The van der Waals surface area contributed by atoms with Gasteiger partial charge in [-0.25, -0.2) is 4.98 Å². The summed E-state index contributed by atoms with van der Waals surface area (Å²) in [5.41, 5.74) is 3.19. The van der Waals surface area contributed by atoms with Gasteiger partial charge in [0.05, 0.1) is 12.6 Å². The number of hydrogen-bond donors (Lipinski definition) is 2. The molecule has 0 radical (unpaired) electrons. The summed E-state index contributed by atoms with van der Waals surface area (Å²) in [5, 5.41) is 13.0. The van der Waals surface area contributed by atoms with Crippen molar-refractivity contribution in [2.45, 2.75) is 52.7 Å². The molecule has 1 aromatic heterocycles. The smallest absolute Gasteiger partial charge is 0.277 e. The van der Waals surface area contributed by atoms with Crippen LogP contribution in [0.1, 0.15) is 53.7 Å². The first-order valence-corrected chi connectivity index (χ1v) is 10.9. The second-order valence-electron chi connectivity index (χ2n) is 8.27. The molecule has 1 amide bonds. The molecule has 1 aliphatic heterocycles. The summed E-state index contributed by atoms with van der Waals surface area (Å²) >= 11 is 0. The maximum Gasteiger partial charge on any atom is 0.277 e. The zero-order chi connectivity index (χ0) is 21.5. The minimum absolute atomic E-state index is 0.235. The summed E-state index contributed by atoms with van der Waals surface area (Å²) in [6, 6.07) is 5.96. The molecule has 30 heavy (non-hydrogen) atoms. The Bertz CT molecular complexity index is 828. The summed E-state index contributed by atoms with van der Waals surface area (Å²) < 4.78 is 5.55. The van der Waals surface area contributed by atoms with E-state index in [1.807, 2.05) is 32.0 Å². The monoisotopic (exact) mass is 414 g/mol. The van der Waals surface area contributed by atoms with Gasteiger partial charge in [-0.05, 0) is 37.5 Å². The molecule has 2 N–H and O–H groups in total. The Morgan fingerprint density at radius 3 is 2.70 bits per heavy atom. The highest BCUT2D eigenvalue weighted by Crippen LogP contribution is 2.18. The van der Waals surface area contributed by atoms with E-state index >= 15 is 0 Å². The number of benzene rings is 1. The fourth-order valence-corrected chi connectivity index (χ4v) is 3.70. The molecule has 164 valence electrons. The topological polar surface area (TPSA) is 81.8 Å². The molecule has 0 spiro atoms. The Morgan fingerprint density at radius 2 is 1.97 bits per heavy atom. The quantitative estimate of drug-likeness (QED) is 0.656. The summed E-state index contributed by atoms with van der Waals surface area (Å²) in [7, 11) is 0. The molecule has 1 aliphatic rings. The van der Waals surface area contributed by atoms with Crippen LogP contribution in [0.15, 0.2) is 28.9 Å². The first kappa shape index (κ1) is 22.5. The number of unbranched alkanes of at least 4 members (excludes halogenated alkanes) is 1. The van der Waals surface area contributed by atoms with E-state index in [1.54, 1.807) is 0 Å². The number of amides is 1. The van der Waals surface area contributed by atoms with Gasteiger partial charge in [-0.1, -0.05) is 31.9 Å². The number of aliphatic hydroxyl groups excluding tert-OH is 1. The number of nitrogens with zero attached hydrogens (tertiary/aromatic N) is 3. The van der Waals surface area contributed by atoms with Gasteiger partial charge in [-0.3, -0.25) is 14.6 Å². The number of β-amino-alcohol motifs (C(OH)–C–C–N with tert-alkyl or cyclic N) is 1. The first-order chi connectivity index (χ1) is 14.4. The van der Waals surface area contributed by atoms with Gasteiger partial charge in [-0.15, -0.1) is 0 Å². The van der Waals surface area contributed by atoms with E-state index in [4.69, 9.17) is 4.42 Å². The van der Waals surface area contributed by atoms with Crippen LogP contribution in [0.3, 0.4) is 0 Å². The average molecular weight is 415 g/mol. The van der Waals surface area contributed by atoms with E-state index in [9.17, 15) is 9.90 Å². The van der Waals surface area contributed by atoms with Crippen molar-refractivity contribution >= 4 is 11.6 Å². The number of carbonyl (C=O) groups is 1. The highest BCUT2D eigenvalue weighted by atomic mass is 16.3. The van der Waals surface area contributed by atoms with E-state index in [0.717, 1.165) is 68.8 Å². The van der Waals surface area contributed by atoms with E-state index in [-0.39, 0.29) is 12.0 Å². The third kappa shape index (κ3) is 6.39. The van der Waals surface area contributed by atoms with Gasteiger partial charge in [0, 0.05) is 38.4 Å². The fourth-order valence-electron chi connectivity index (χ4n) is 3.70. The van der Waals surface area contributed by atoms with Gasteiger partial charge in [0.15, 0.2) is 5.69 Å². The van der Waals surface area contributed by atoms with Crippen LogP contribution < -0.4 is 5.32 Å².